The molecular weight excluding hydrogens is 370 g/mol. The standard InChI is InChI=1S/C23H23NO5/c1-28-17-11-9-15(10-12-17)20-19(21(25)16-6-3-2-4-7-16)22(26)23(27)24(20)14-18-8-5-13-29-18/h2-4,6-7,9-12,18,20,25H,5,8,13-14H2,1H3/t18-,20+/m1/s1. The number of hydrogen-bond donors (Lipinski definition) is 1. The predicted molar refractivity (Wildman–Crippen MR) is 107 cm³/mol. The lowest BCUT2D eigenvalue weighted by Crippen LogP contribution is -2.36. The maximum Gasteiger partial charge on any atom is 0.295 e. The van der Waals surface area contributed by atoms with E-state index in [2.05, 4.69) is 0 Å². The van der Waals surface area contributed by atoms with E-state index in [-0.39, 0.29) is 17.4 Å². The largest absolute Gasteiger partial charge is 0.507 e. The topological polar surface area (TPSA) is 76.1 Å². The number of benzene rings is 2. The molecule has 0 spiro atoms. The summed E-state index contributed by atoms with van der Waals surface area (Å²) in [4.78, 5) is 27.4. The molecule has 6 heteroatoms. The first-order valence-corrected chi connectivity index (χ1v) is 9.69. The van der Waals surface area contributed by atoms with Gasteiger partial charge in [0.15, 0.2) is 0 Å². The summed E-state index contributed by atoms with van der Waals surface area (Å²) in [5.74, 6) is -0.781. The van der Waals surface area contributed by atoms with Gasteiger partial charge in [-0.25, -0.2) is 0 Å². The van der Waals surface area contributed by atoms with Gasteiger partial charge in [0.25, 0.3) is 11.7 Å². The molecule has 2 aliphatic rings. The third-order valence-electron chi connectivity index (χ3n) is 5.44. The molecule has 29 heavy (non-hydrogen) atoms. The van der Waals surface area contributed by atoms with Crippen molar-refractivity contribution in [3.05, 3.63) is 71.3 Å². The van der Waals surface area contributed by atoms with Gasteiger partial charge in [0.05, 0.1) is 24.8 Å². The van der Waals surface area contributed by atoms with Crippen LogP contribution in [-0.2, 0) is 14.3 Å². The van der Waals surface area contributed by atoms with Crippen molar-refractivity contribution >= 4 is 17.4 Å². The second-order valence-corrected chi connectivity index (χ2v) is 7.23. The van der Waals surface area contributed by atoms with Crippen LogP contribution in [0.5, 0.6) is 5.75 Å². The van der Waals surface area contributed by atoms with Crippen LogP contribution in [0.3, 0.4) is 0 Å². The summed E-state index contributed by atoms with van der Waals surface area (Å²) in [6, 6.07) is 15.3. The van der Waals surface area contributed by atoms with Crippen molar-refractivity contribution in [2.75, 3.05) is 20.3 Å². The number of amides is 1. The van der Waals surface area contributed by atoms with E-state index in [1.54, 1.807) is 43.5 Å². The van der Waals surface area contributed by atoms with E-state index in [1.165, 1.54) is 4.90 Å². The van der Waals surface area contributed by atoms with Gasteiger partial charge in [0.1, 0.15) is 11.5 Å². The van der Waals surface area contributed by atoms with Crippen LogP contribution in [0.25, 0.3) is 5.76 Å². The van der Waals surface area contributed by atoms with Crippen LogP contribution in [0.15, 0.2) is 60.2 Å². The average Bonchev–Trinajstić information content (AvgIpc) is 3.36. The smallest absolute Gasteiger partial charge is 0.295 e. The Morgan fingerprint density at radius 1 is 1.14 bits per heavy atom. The Kier molecular flexibility index (Phi) is 5.36. The maximum atomic E-state index is 12.9. The number of methoxy groups -OCH3 is 1. The maximum absolute atomic E-state index is 12.9. The lowest BCUT2D eigenvalue weighted by Gasteiger charge is -2.27. The van der Waals surface area contributed by atoms with Gasteiger partial charge in [-0.15, -0.1) is 0 Å². The van der Waals surface area contributed by atoms with Gasteiger partial charge in [0.2, 0.25) is 0 Å². The minimum atomic E-state index is -0.676. The highest BCUT2D eigenvalue weighted by molar-refractivity contribution is 6.46. The van der Waals surface area contributed by atoms with Crippen LogP contribution in [0.2, 0.25) is 0 Å². The van der Waals surface area contributed by atoms with Crippen molar-refractivity contribution in [3.63, 3.8) is 0 Å². The Morgan fingerprint density at radius 2 is 1.86 bits per heavy atom. The number of Topliss-reactive ketones (excluding diaryl/α,β-unsaturated/α-hetero) is 1. The predicted octanol–water partition coefficient (Wildman–Crippen LogP) is 3.30. The molecule has 2 atom stereocenters. The quantitative estimate of drug-likeness (QED) is 0.479. The van der Waals surface area contributed by atoms with Crippen molar-refractivity contribution in [2.24, 2.45) is 0 Å². The van der Waals surface area contributed by atoms with E-state index in [1.807, 2.05) is 18.2 Å². The molecular formula is C23H23NO5. The van der Waals surface area contributed by atoms with Crippen LogP contribution in [-0.4, -0.2) is 48.1 Å². The van der Waals surface area contributed by atoms with Gasteiger partial charge in [-0.2, -0.15) is 0 Å². The number of likely N-dealkylation sites (tertiary alicyclic amines) is 1. The number of carbonyl (C=O) groups is 2. The lowest BCUT2D eigenvalue weighted by molar-refractivity contribution is -0.140. The fourth-order valence-corrected chi connectivity index (χ4v) is 3.96. The first-order chi connectivity index (χ1) is 14.1. The van der Waals surface area contributed by atoms with Crippen molar-refractivity contribution < 1.29 is 24.2 Å². The highest BCUT2D eigenvalue weighted by Crippen LogP contribution is 2.40. The lowest BCUT2D eigenvalue weighted by atomic mass is 9.95. The van der Waals surface area contributed by atoms with Crippen molar-refractivity contribution in [2.45, 2.75) is 25.0 Å². The van der Waals surface area contributed by atoms with E-state index in [4.69, 9.17) is 9.47 Å². The fourth-order valence-electron chi connectivity index (χ4n) is 3.96. The number of carbonyl (C=O) groups excluding carboxylic acids is 2. The number of nitrogens with zero attached hydrogens (tertiary/aromatic N) is 1. The summed E-state index contributed by atoms with van der Waals surface area (Å²) in [6.45, 7) is 0.971. The second-order valence-electron chi connectivity index (χ2n) is 7.23. The molecule has 2 aromatic carbocycles. The number of aliphatic hydroxyl groups excluding tert-OH is 1. The first kappa shape index (κ1) is 19.2. The highest BCUT2D eigenvalue weighted by Gasteiger charge is 2.47. The van der Waals surface area contributed by atoms with Gasteiger partial charge in [-0.1, -0.05) is 42.5 Å². The molecule has 2 aromatic rings. The minimum Gasteiger partial charge on any atom is -0.507 e. The minimum absolute atomic E-state index is 0.101. The van der Waals surface area contributed by atoms with E-state index in [0.29, 0.717) is 24.5 Å². The molecule has 2 heterocycles. The van der Waals surface area contributed by atoms with Crippen molar-refractivity contribution in [1.82, 2.24) is 4.90 Å². The van der Waals surface area contributed by atoms with Crippen LogP contribution >= 0.6 is 0 Å². The molecule has 150 valence electrons. The Hall–Kier alpha value is -3.12. The van der Waals surface area contributed by atoms with Gasteiger partial charge in [-0.3, -0.25) is 9.59 Å². The van der Waals surface area contributed by atoms with Crippen molar-refractivity contribution in [1.29, 1.82) is 0 Å². The van der Waals surface area contributed by atoms with Gasteiger partial charge in [-0.05, 0) is 30.5 Å². The molecule has 4 rings (SSSR count). The van der Waals surface area contributed by atoms with Crippen LogP contribution < -0.4 is 4.74 Å². The number of aliphatic hydroxyl groups is 1. The number of hydrogen-bond acceptors (Lipinski definition) is 5. The molecule has 0 bridgehead atoms. The number of ketones is 1. The summed E-state index contributed by atoms with van der Waals surface area (Å²) in [5, 5.41) is 10.9. The molecule has 0 saturated carbocycles. The molecule has 1 N–H and O–H groups in total. The third-order valence-corrected chi connectivity index (χ3v) is 5.44. The molecule has 2 saturated heterocycles. The van der Waals surface area contributed by atoms with E-state index in [0.717, 1.165) is 18.4 Å². The monoisotopic (exact) mass is 393 g/mol. The highest BCUT2D eigenvalue weighted by atomic mass is 16.5. The molecule has 0 aromatic heterocycles. The summed E-state index contributed by atoms with van der Waals surface area (Å²) in [5.41, 5.74) is 1.34. The average molecular weight is 393 g/mol. The zero-order valence-electron chi connectivity index (χ0n) is 16.2. The van der Waals surface area contributed by atoms with Crippen LogP contribution in [0.1, 0.15) is 30.0 Å². The zero-order chi connectivity index (χ0) is 20.4. The Bertz CT molecular complexity index is 930. The summed E-state index contributed by atoms with van der Waals surface area (Å²) < 4.78 is 10.9. The van der Waals surface area contributed by atoms with Gasteiger partial charge in [0, 0.05) is 18.7 Å². The van der Waals surface area contributed by atoms with E-state index in [9.17, 15) is 14.7 Å². The summed E-state index contributed by atoms with van der Waals surface area (Å²) in [6.07, 6.45) is 1.67. The van der Waals surface area contributed by atoms with Crippen LogP contribution in [0, 0.1) is 0 Å². The van der Waals surface area contributed by atoms with E-state index < -0.39 is 17.7 Å². The second kappa shape index (κ2) is 8.09. The molecule has 2 aliphatic heterocycles. The summed E-state index contributed by atoms with van der Waals surface area (Å²) >= 11 is 0. The van der Waals surface area contributed by atoms with Crippen LogP contribution in [0.4, 0.5) is 0 Å². The Morgan fingerprint density at radius 3 is 2.48 bits per heavy atom. The van der Waals surface area contributed by atoms with E-state index >= 15 is 0 Å². The Balaban J connectivity index is 1.80. The molecule has 6 nitrogen and oxygen atoms in total. The number of rotatable bonds is 5. The Labute approximate surface area is 169 Å². The first-order valence-electron chi connectivity index (χ1n) is 9.69. The molecule has 0 unspecified atom stereocenters. The van der Waals surface area contributed by atoms with Gasteiger partial charge < -0.3 is 19.5 Å². The molecule has 2 fully saturated rings. The normalized spacial score (nSPS) is 23.6. The third kappa shape index (κ3) is 3.63. The number of ether oxygens (including phenoxy) is 2. The zero-order valence-corrected chi connectivity index (χ0v) is 16.2. The molecule has 1 amide bonds. The molecule has 0 radical (unpaired) electrons. The SMILES string of the molecule is COc1ccc([C@H]2C(=C(O)c3ccccc3)C(=O)C(=O)N2C[C@H]2CCCO2)cc1. The molecule has 0 aliphatic carbocycles. The fraction of sp³-hybridized carbons (Fsp3) is 0.304. The van der Waals surface area contributed by atoms with Gasteiger partial charge >= 0.3 is 0 Å². The summed E-state index contributed by atoms with van der Waals surface area (Å²) in [7, 11) is 1.58. The van der Waals surface area contributed by atoms with Crippen molar-refractivity contribution in [3.8, 4) is 5.75 Å².